The molecule has 0 bridgehead atoms. The smallest absolute Gasteiger partial charge is 0.0904 e. The summed E-state index contributed by atoms with van der Waals surface area (Å²) in [5.74, 6) is 1.48. The predicted molar refractivity (Wildman–Crippen MR) is 48.2 cm³/mol. The van der Waals surface area contributed by atoms with Gasteiger partial charge in [-0.3, -0.25) is 0 Å². The van der Waals surface area contributed by atoms with Gasteiger partial charge in [0.2, 0.25) is 0 Å². The minimum absolute atomic E-state index is 0.0463. The second-order valence-corrected chi connectivity index (χ2v) is 5.20. The zero-order chi connectivity index (χ0) is 8.98. The van der Waals surface area contributed by atoms with Crippen LogP contribution in [0.15, 0.2) is 5.11 Å². The van der Waals surface area contributed by atoms with Gasteiger partial charge >= 0.3 is 0 Å². The Labute approximate surface area is 74.2 Å². The van der Waals surface area contributed by atoms with Crippen LogP contribution in [-0.2, 0) is 0 Å². The van der Waals surface area contributed by atoms with Crippen molar-refractivity contribution >= 4 is 0 Å². The van der Waals surface area contributed by atoms with Crippen LogP contribution < -0.4 is 0 Å². The molecule has 0 spiro atoms. The van der Waals surface area contributed by atoms with Crippen LogP contribution in [0.4, 0.5) is 0 Å². The molecule has 2 saturated carbocycles. The highest BCUT2D eigenvalue weighted by molar-refractivity contribution is 5.25. The summed E-state index contributed by atoms with van der Waals surface area (Å²) in [6, 6.07) is 0. The summed E-state index contributed by atoms with van der Waals surface area (Å²) in [5, 5.41) is 3.91. The maximum Gasteiger partial charge on any atom is 0.0904 e. The molecule has 0 heterocycles. The summed E-state index contributed by atoms with van der Waals surface area (Å²) in [4.78, 5) is 0. The highest BCUT2D eigenvalue weighted by atomic mass is 15.1. The quantitative estimate of drug-likeness (QED) is 0.581. The van der Waals surface area contributed by atoms with Gasteiger partial charge in [0.15, 0.2) is 0 Å². The third-order valence-corrected chi connectivity index (χ3v) is 4.29. The molecule has 0 saturated heterocycles. The maximum absolute atomic E-state index is 7.31. The van der Waals surface area contributed by atoms with Crippen molar-refractivity contribution < 1.29 is 0 Å². The van der Waals surface area contributed by atoms with E-state index in [9.17, 15) is 0 Å². The molecule has 12 heavy (non-hydrogen) atoms. The lowest BCUT2D eigenvalue weighted by Gasteiger charge is -2.22. The van der Waals surface area contributed by atoms with Crippen LogP contribution >= 0.6 is 0 Å². The lowest BCUT2D eigenvalue weighted by molar-refractivity contribution is 0.318. The molecule has 3 atom stereocenters. The highest BCUT2D eigenvalue weighted by Gasteiger charge is 2.72. The highest BCUT2D eigenvalue weighted by Crippen LogP contribution is 2.70. The zero-order valence-electron chi connectivity index (χ0n) is 8.22. The molecular weight excluding hydrogens is 148 g/mol. The number of nitrogens with one attached hydrogen (secondary N) is 1. The average Bonchev–Trinajstić information content (AvgIpc) is 2.49. The molecule has 2 rings (SSSR count). The molecule has 0 radical (unpaired) electrons. The number of nitrogens with zero attached hydrogens (tertiary/aromatic N) is 1. The standard InChI is InChI=1S/C10H18N2/c1-7-4-5-8-9(2,3)10(8,6-7)12-11/h7-8,11H,4-6H2,1-3H3. The first-order chi connectivity index (χ1) is 5.54. The van der Waals surface area contributed by atoms with Crippen LogP contribution in [0.1, 0.15) is 40.0 Å². The van der Waals surface area contributed by atoms with Crippen LogP contribution in [0.2, 0.25) is 0 Å². The van der Waals surface area contributed by atoms with E-state index in [1.807, 2.05) is 0 Å². The molecule has 0 aromatic heterocycles. The van der Waals surface area contributed by atoms with Crippen molar-refractivity contribution in [3.05, 3.63) is 0 Å². The van der Waals surface area contributed by atoms with Crippen molar-refractivity contribution in [3.63, 3.8) is 0 Å². The number of rotatable bonds is 1. The number of fused-ring (bicyclic) bond motifs is 1. The van der Waals surface area contributed by atoms with Crippen LogP contribution in [-0.4, -0.2) is 5.54 Å². The van der Waals surface area contributed by atoms with Crippen molar-refractivity contribution in [2.45, 2.75) is 45.6 Å². The largest absolute Gasteiger partial charge is 0.209 e. The van der Waals surface area contributed by atoms with Crippen molar-refractivity contribution in [1.29, 1.82) is 5.53 Å². The Morgan fingerprint density at radius 2 is 2.00 bits per heavy atom. The van der Waals surface area contributed by atoms with Crippen molar-refractivity contribution in [2.24, 2.45) is 22.4 Å². The topological polar surface area (TPSA) is 36.2 Å². The summed E-state index contributed by atoms with van der Waals surface area (Å²) in [6.45, 7) is 6.83. The van der Waals surface area contributed by atoms with Gasteiger partial charge in [-0.25, -0.2) is 5.53 Å². The summed E-state index contributed by atoms with van der Waals surface area (Å²) in [7, 11) is 0. The van der Waals surface area contributed by atoms with Crippen LogP contribution in [0.3, 0.4) is 0 Å². The minimum atomic E-state index is 0.0463. The zero-order valence-corrected chi connectivity index (χ0v) is 8.22. The van der Waals surface area contributed by atoms with Gasteiger partial charge in [0.1, 0.15) is 0 Å². The molecule has 2 aliphatic carbocycles. The lowest BCUT2D eigenvalue weighted by atomic mass is 9.87. The molecule has 2 fully saturated rings. The molecule has 0 aromatic carbocycles. The average molecular weight is 166 g/mol. The van der Waals surface area contributed by atoms with Gasteiger partial charge in [-0.2, -0.15) is 5.11 Å². The maximum atomic E-state index is 7.31. The lowest BCUT2D eigenvalue weighted by Crippen LogP contribution is -2.20. The summed E-state index contributed by atoms with van der Waals surface area (Å²) in [5.41, 5.74) is 7.67. The Kier molecular flexibility index (Phi) is 1.43. The Morgan fingerprint density at radius 1 is 1.33 bits per heavy atom. The molecule has 0 aliphatic heterocycles. The van der Waals surface area contributed by atoms with E-state index in [1.165, 1.54) is 12.8 Å². The second kappa shape index (κ2) is 2.09. The van der Waals surface area contributed by atoms with E-state index < -0.39 is 0 Å². The molecule has 3 unspecified atom stereocenters. The predicted octanol–water partition coefficient (Wildman–Crippen LogP) is 3.23. The second-order valence-electron chi connectivity index (χ2n) is 5.20. The number of hydrogen-bond donors (Lipinski definition) is 1. The first-order valence-electron chi connectivity index (χ1n) is 4.93. The van der Waals surface area contributed by atoms with Gasteiger partial charge in [-0.05, 0) is 30.1 Å². The summed E-state index contributed by atoms with van der Waals surface area (Å²) < 4.78 is 0. The van der Waals surface area contributed by atoms with Gasteiger partial charge in [0.05, 0.1) is 5.54 Å². The fraction of sp³-hybridized carbons (Fsp3) is 1.00. The Morgan fingerprint density at radius 3 is 2.50 bits per heavy atom. The summed E-state index contributed by atoms with van der Waals surface area (Å²) in [6.07, 6.45) is 3.77. The Balaban J connectivity index is 2.25. The van der Waals surface area contributed by atoms with Gasteiger partial charge < -0.3 is 0 Å². The van der Waals surface area contributed by atoms with Crippen LogP contribution in [0, 0.1) is 22.8 Å². The number of hydrogen-bond acceptors (Lipinski definition) is 2. The molecule has 0 aromatic rings. The molecule has 2 heteroatoms. The van der Waals surface area contributed by atoms with E-state index in [-0.39, 0.29) is 5.54 Å². The van der Waals surface area contributed by atoms with E-state index in [2.05, 4.69) is 25.9 Å². The first-order valence-corrected chi connectivity index (χ1v) is 4.93. The summed E-state index contributed by atoms with van der Waals surface area (Å²) >= 11 is 0. The molecule has 68 valence electrons. The van der Waals surface area contributed by atoms with Gasteiger partial charge in [0.25, 0.3) is 0 Å². The van der Waals surface area contributed by atoms with Crippen molar-refractivity contribution in [2.75, 3.05) is 0 Å². The van der Waals surface area contributed by atoms with E-state index in [4.69, 9.17) is 5.53 Å². The molecular formula is C10H18N2. The Hall–Kier alpha value is -0.400. The molecule has 0 amide bonds. The Bertz CT molecular complexity index is 222. The van der Waals surface area contributed by atoms with E-state index in [1.54, 1.807) is 0 Å². The molecule has 1 N–H and O–H groups in total. The van der Waals surface area contributed by atoms with Crippen molar-refractivity contribution in [3.8, 4) is 0 Å². The third-order valence-electron chi connectivity index (χ3n) is 4.29. The normalized spacial score (nSPS) is 49.6. The van der Waals surface area contributed by atoms with E-state index in [0.29, 0.717) is 11.3 Å². The van der Waals surface area contributed by atoms with Gasteiger partial charge in [-0.15, -0.1) is 0 Å². The third kappa shape index (κ3) is 0.711. The van der Waals surface area contributed by atoms with Gasteiger partial charge in [0, 0.05) is 0 Å². The van der Waals surface area contributed by atoms with Crippen molar-refractivity contribution in [1.82, 2.24) is 0 Å². The monoisotopic (exact) mass is 166 g/mol. The minimum Gasteiger partial charge on any atom is -0.209 e. The van der Waals surface area contributed by atoms with E-state index >= 15 is 0 Å². The molecule has 2 aliphatic rings. The van der Waals surface area contributed by atoms with E-state index in [0.717, 1.165) is 12.3 Å². The van der Waals surface area contributed by atoms with Crippen LogP contribution in [0.25, 0.3) is 0 Å². The fourth-order valence-corrected chi connectivity index (χ4v) is 3.30. The first kappa shape index (κ1) is 8.21. The fourth-order valence-electron chi connectivity index (χ4n) is 3.30. The van der Waals surface area contributed by atoms with Crippen LogP contribution in [0.5, 0.6) is 0 Å². The molecule has 2 nitrogen and oxygen atoms in total. The van der Waals surface area contributed by atoms with Gasteiger partial charge in [-0.1, -0.05) is 27.2 Å². The SMILES string of the molecule is CC1CCC2C(C)(C)C2(N=N)C1.